The van der Waals surface area contributed by atoms with Gasteiger partial charge in [-0.25, -0.2) is 0 Å². The Labute approximate surface area is 69.5 Å². The maximum Gasteiger partial charge on any atom is 0.269 e. The van der Waals surface area contributed by atoms with Gasteiger partial charge in [0, 0.05) is 12.1 Å². The number of hydrogen-bond donors (Lipinski definition) is 1. The van der Waals surface area contributed by atoms with Crippen LogP contribution in [-0.2, 0) is 0 Å². The molecule has 0 saturated carbocycles. The molecule has 0 fully saturated rings. The topological polar surface area (TPSA) is 69.2 Å². The monoisotopic (exact) mass is 164 g/mol. The lowest BCUT2D eigenvalue weighted by atomic mass is 10.2. The highest BCUT2D eigenvalue weighted by atomic mass is 16.6. The Kier molecular flexibility index (Phi) is 2.42. The molecule has 0 amide bonds. The smallest absolute Gasteiger partial charge is 0.269 e. The maximum absolute atomic E-state index is 10.2. The van der Waals surface area contributed by atoms with Crippen molar-refractivity contribution in [2.24, 2.45) is 5.73 Å². The van der Waals surface area contributed by atoms with E-state index in [1.165, 1.54) is 18.3 Å². The molecule has 0 heterocycles. The summed E-state index contributed by atoms with van der Waals surface area (Å²) < 4.78 is 0. The third kappa shape index (κ3) is 1.82. The van der Waals surface area contributed by atoms with E-state index >= 15 is 0 Å². The van der Waals surface area contributed by atoms with E-state index in [-0.39, 0.29) is 5.69 Å². The molecule has 0 aliphatic rings. The number of nitro groups is 1. The van der Waals surface area contributed by atoms with E-state index in [1.807, 2.05) is 0 Å². The zero-order valence-electron chi connectivity index (χ0n) is 6.31. The van der Waals surface area contributed by atoms with Gasteiger partial charge < -0.3 is 5.73 Å². The highest BCUT2D eigenvalue weighted by molar-refractivity contribution is 5.51. The number of nitrogens with two attached hydrogens (primary N) is 1. The number of rotatable bonds is 2. The van der Waals surface area contributed by atoms with Crippen LogP contribution in [0.15, 0.2) is 30.5 Å². The Hall–Kier alpha value is -1.84. The normalized spacial score (nSPS) is 10.3. The summed E-state index contributed by atoms with van der Waals surface area (Å²) in [6.07, 6.45) is 3.06. The van der Waals surface area contributed by atoms with E-state index in [4.69, 9.17) is 5.73 Å². The summed E-state index contributed by atoms with van der Waals surface area (Å²) in [6, 6.07) is 6.16. The molecule has 0 unspecified atom stereocenters. The molecule has 0 saturated heterocycles. The van der Waals surface area contributed by atoms with Crippen molar-refractivity contribution in [2.75, 3.05) is 0 Å². The second-order valence-electron chi connectivity index (χ2n) is 2.21. The van der Waals surface area contributed by atoms with Gasteiger partial charge in [-0.3, -0.25) is 10.1 Å². The van der Waals surface area contributed by atoms with Gasteiger partial charge in [-0.1, -0.05) is 0 Å². The molecule has 0 aromatic heterocycles. The van der Waals surface area contributed by atoms with E-state index in [2.05, 4.69) is 0 Å². The largest absolute Gasteiger partial charge is 0.405 e. The van der Waals surface area contributed by atoms with Crippen LogP contribution < -0.4 is 5.73 Å². The van der Waals surface area contributed by atoms with Crippen LogP contribution in [0, 0.1) is 10.1 Å². The fourth-order valence-electron chi connectivity index (χ4n) is 0.818. The summed E-state index contributed by atoms with van der Waals surface area (Å²) in [5.74, 6) is 0. The lowest BCUT2D eigenvalue weighted by Gasteiger charge is -1.91. The molecule has 0 bridgehead atoms. The Morgan fingerprint density at radius 1 is 1.33 bits per heavy atom. The van der Waals surface area contributed by atoms with Crippen LogP contribution in [0.4, 0.5) is 5.69 Å². The van der Waals surface area contributed by atoms with Crippen molar-refractivity contribution in [3.8, 4) is 0 Å². The Morgan fingerprint density at radius 2 is 1.92 bits per heavy atom. The summed E-state index contributed by atoms with van der Waals surface area (Å²) in [5, 5.41) is 10.2. The minimum absolute atomic E-state index is 0.0872. The number of non-ortho nitro benzene ring substituents is 1. The fourth-order valence-corrected chi connectivity index (χ4v) is 0.818. The molecule has 0 atom stereocenters. The van der Waals surface area contributed by atoms with Gasteiger partial charge in [-0.05, 0) is 30.0 Å². The molecule has 62 valence electrons. The van der Waals surface area contributed by atoms with Crippen LogP contribution in [-0.4, -0.2) is 4.92 Å². The summed E-state index contributed by atoms with van der Waals surface area (Å²) in [7, 11) is 0. The van der Waals surface area contributed by atoms with Gasteiger partial charge in [0.1, 0.15) is 0 Å². The molecule has 12 heavy (non-hydrogen) atoms. The number of nitrogens with zero attached hydrogens (tertiary/aromatic N) is 1. The Morgan fingerprint density at radius 3 is 2.33 bits per heavy atom. The molecule has 4 nitrogen and oxygen atoms in total. The van der Waals surface area contributed by atoms with Gasteiger partial charge in [0.05, 0.1) is 4.92 Å². The zero-order valence-corrected chi connectivity index (χ0v) is 6.31. The highest BCUT2D eigenvalue weighted by Crippen LogP contribution is 2.12. The van der Waals surface area contributed by atoms with Crippen LogP contribution >= 0.6 is 0 Å². The maximum atomic E-state index is 10.2. The van der Waals surface area contributed by atoms with Crippen LogP contribution in [0.25, 0.3) is 6.08 Å². The lowest BCUT2D eigenvalue weighted by molar-refractivity contribution is -0.384. The molecule has 0 aliphatic heterocycles. The van der Waals surface area contributed by atoms with Gasteiger partial charge in [-0.2, -0.15) is 0 Å². The molecule has 1 rings (SSSR count). The summed E-state index contributed by atoms with van der Waals surface area (Å²) >= 11 is 0. The molecule has 2 N–H and O–H groups in total. The Bertz CT molecular complexity index is 303. The van der Waals surface area contributed by atoms with Crippen molar-refractivity contribution in [3.05, 3.63) is 46.1 Å². The second-order valence-corrected chi connectivity index (χ2v) is 2.21. The standard InChI is InChI=1S/C8H8N2O2/c9-6-5-7-1-3-8(4-2-7)10(11)12/h1-6H,9H2/b6-5+. The second kappa shape index (κ2) is 3.52. The van der Waals surface area contributed by atoms with Crippen LogP contribution in [0.5, 0.6) is 0 Å². The van der Waals surface area contributed by atoms with Crippen molar-refractivity contribution in [1.29, 1.82) is 0 Å². The number of nitro benzene ring substituents is 1. The first-order chi connectivity index (χ1) is 5.74. The third-order valence-electron chi connectivity index (χ3n) is 1.39. The van der Waals surface area contributed by atoms with Gasteiger partial charge in [0.15, 0.2) is 0 Å². The lowest BCUT2D eigenvalue weighted by Crippen LogP contribution is -1.86. The zero-order chi connectivity index (χ0) is 8.97. The summed E-state index contributed by atoms with van der Waals surface area (Å²) in [6.45, 7) is 0. The minimum atomic E-state index is -0.435. The molecule has 1 aromatic carbocycles. The van der Waals surface area contributed by atoms with Crippen molar-refractivity contribution in [2.45, 2.75) is 0 Å². The molecule has 0 spiro atoms. The van der Waals surface area contributed by atoms with Crippen molar-refractivity contribution in [1.82, 2.24) is 0 Å². The van der Waals surface area contributed by atoms with Gasteiger partial charge in [0.2, 0.25) is 0 Å². The van der Waals surface area contributed by atoms with E-state index < -0.39 is 4.92 Å². The summed E-state index contributed by atoms with van der Waals surface area (Å²) in [4.78, 5) is 9.80. The predicted molar refractivity (Wildman–Crippen MR) is 46.3 cm³/mol. The van der Waals surface area contributed by atoms with Crippen molar-refractivity contribution in [3.63, 3.8) is 0 Å². The predicted octanol–water partition coefficient (Wildman–Crippen LogP) is 1.52. The number of benzene rings is 1. The number of hydrogen-bond acceptors (Lipinski definition) is 3. The van der Waals surface area contributed by atoms with Gasteiger partial charge in [0.25, 0.3) is 5.69 Å². The van der Waals surface area contributed by atoms with Crippen molar-refractivity contribution >= 4 is 11.8 Å². The molecule has 1 aromatic rings. The highest BCUT2D eigenvalue weighted by Gasteiger charge is 2.01. The van der Waals surface area contributed by atoms with Gasteiger partial charge in [-0.15, -0.1) is 0 Å². The average Bonchev–Trinajstić information content (AvgIpc) is 2.06. The first-order valence-electron chi connectivity index (χ1n) is 3.37. The molecule has 0 radical (unpaired) electrons. The minimum Gasteiger partial charge on any atom is -0.405 e. The van der Waals surface area contributed by atoms with E-state index in [9.17, 15) is 10.1 Å². The first-order valence-corrected chi connectivity index (χ1v) is 3.37. The first kappa shape index (κ1) is 8.26. The average molecular weight is 164 g/mol. The molecular formula is C8H8N2O2. The quantitative estimate of drug-likeness (QED) is 0.532. The SMILES string of the molecule is N/C=C/c1ccc([N+](=O)[O-])cc1. The fraction of sp³-hybridized carbons (Fsp3) is 0. The molecule has 4 heteroatoms. The van der Waals surface area contributed by atoms with Gasteiger partial charge >= 0.3 is 0 Å². The van der Waals surface area contributed by atoms with Crippen LogP contribution in [0.2, 0.25) is 0 Å². The van der Waals surface area contributed by atoms with E-state index in [0.717, 1.165) is 5.56 Å². The molecule has 0 aliphatic carbocycles. The Balaban J connectivity index is 2.93. The van der Waals surface area contributed by atoms with Crippen LogP contribution in [0.1, 0.15) is 5.56 Å². The third-order valence-corrected chi connectivity index (χ3v) is 1.39. The van der Waals surface area contributed by atoms with E-state index in [1.54, 1.807) is 18.2 Å². The summed E-state index contributed by atoms with van der Waals surface area (Å²) in [5.41, 5.74) is 6.08. The van der Waals surface area contributed by atoms with Crippen molar-refractivity contribution < 1.29 is 4.92 Å². The van der Waals surface area contributed by atoms with Crippen LogP contribution in [0.3, 0.4) is 0 Å². The molecular weight excluding hydrogens is 156 g/mol. The van der Waals surface area contributed by atoms with E-state index in [0.29, 0.717) is 0 Å².